The number of amides is 1. The zero-order chi connectivity index (χ0) is 23.3. The molecular weight excluding hydrogens is 429 g/mol. The molecule has 2 bridgehead atoms. The highest BCUT2D eigenvalue weighted by Crippen LogP contribution is 2.59. The van der Waals surface area contributed by atoms with Gasteiger partial charge in [-0.3, -0.25) is 4.79 Å². The lowest BCUT2D eigenvalue weighted by atomic mass is 9.51. The Kier molecular flexibility index (Phi) is 5.10. The van der Waals surface area contributed by atoms with Gasteiger partial charge in [-0.25, -0.2) is 9.37 Å². The fourth-order valence-corrected chi connectivity index (χ4v) is 6.67. The van der Waals surface area contributed by atoms with Crippen LogP contribution in [0.2, 0.25) is 0 Å². The molecule has 0 radical (unpaired) electrons. The number of imidazole rings is 1. The number of aromatic nitrogens is 2. The molecule has 6 heteroatoms. The average molecular weight is 460 g/mol. The summed E-state index contributed by atoms with van der Waals surface area (Å²) < 4.78 is 15.4. The van der Waals surface area contributed by atoms with Crippen molar-refractivity contribution in [3.63, 3.8) is 0 Å². The molecule has 1 aromatic heterocycles. The van der Waals surface area contributed by atoms with Crippen LogP contribution in [0.4, 0.5) is 10.1 Å². The molecule has 4 aliphatic rings. The highest BCUT2D eigenvalue weighted by Gasteiger charge is 2.55. The van der Waals surface area contributed by atoms with Gasteiger partial charge in [0.1, 0.15) is 5.82 Å². The molecule has 3 saturated carbocycles. The summed E-state index contributed by atoms with van der Waals surface area (Å²) in [6.45, 7) is 0. The highest BCUT2D eigenvalue weighted by atomic mass is 19.1. The summed E-state index contributed by atoms with van der Waals surface area (Å²) in [4.78, 5) is 17.6. The molecule has 2 unspecified atom stereocenters. The van der Waals surface area contributed by atoms with E-state index in [4.69, 9.17) is 0 Å². The summed E-state index contributed by atoms with van der Waals surface area (Å²) in [6, 6.07) is 14.5. The van der Waals surface area contributed by atoms with Gasteiger partial charge >= 0.3 is 0 Å². The second kappa shape index (κ2) is 8.05. The highest BCUT2D eigenvalue weighted by molar-refractivity contribution is 5.95. The third kappa shape index (κ3) is 3.47. The Morgan fingerprint density at radius 1 is 1.09 bits per heavy atom. The zero-order valence-electron chi connectivity index (χ0n) is 19.2. The van der Waals surface area contributed by atoms with Crippen LogP contribution in [-0.4, -0.2) is 26.7 Å². The van der Waals surface area contributed by atoms with Crippen molar-refractivity contribution in [1.29, 1.82) is 0 Å². The molecule has 2 aromatic carbocycles. The van der Waals surface area contributed by atoms with Crippen LogP contribution in [0.1, 0.15) is 67.8 Å². The number of hydrogen-bond acceptors (Lipinski definition) is 3. The Morgan fingerprint density at radius 3 is 2.53 bits per heavy atom. The van der Waals surface area contributed by atoms with E-state index in [1.54, 1.807) is 12.1 Å². The Labute approximate surface area is 199 Å². The first kappa shape index (κ1) is 21.5. The summed E-state index contributed by atoms with van der Waals surface area (Å²) >= 11 is 0. The fraction of sp³-hybridized carbons (Fsp3) is 0.429. The second-order valence-corrected chi connectivity index (χ2v) is 10.5. The van der Waals surface area contributed by atoms with Crippen molar-refractivity contribution >= 4 is 11.6 Å². The molecular formula is C28H30FN3O2. The molecule has 5 nitrogen and oxygen atoms in total. The molecule has 3 aliphatic carbocycles. The largest absolute Gasteiger partial charge is 0.392 e. The molecule has 2 atom stereocenters. The molecule has 2 N–H and O–H groups in total. The molecule has 34 heavy (non-hydrogen) atoms. The Hall–Kier alpha value is -2.99. The standard InChI is InChI=1S/C28H30FN3O2/c29-20-5-7-21(8-6-20)31-26(34)28-12-9-27(10-13-28,11-14-28)25(33)16-24-23-4-2-1-3-19(23)15-22-17-30-18-32(22)24/h1-8,17-18,24-25,33H,9-16H2,(H,31,34). The number of benzene rings is 2. The monoisotopic (exact) mass is 459 g/mol. The van der Waals surface area contributed by atoms with Crippen LogP contribution in [0.5, 0.6) is 0 Å². The van der Waals surface area contributed by atoms with Gasteiger partial charge in [0.25, 0.3) is 0 Å². The quantitative estimate of drug-likeness (QED) is 0.548. The van der Waals surface area contributed by atoms with Gasteiger partial charge in [0.05, 0.1) is 18.5 Å². The maximum Gasteiger partial charge on any atom is 0.230 e. The van der Waals surface area contributed by atoms with Crippen LogP contribution >= 0.6 is 0 Å². The van der Waals surface area contributed by atoms with Gasteiger partial charge in [0, 0.05) is 29.4 Å². The Morgan fingerprint density at radius 2 is 1.79 bits per heavy atom. The fourth-order valence-electron chi connectivity index (χ4n) is 6.67. The number of halogens is 1. The van der Waals surface area contributed by atoms with Crippen molar-refractivity contribution < 1.29 is 14.3 Å². The number of hydrogen-bond donors (Lipinski definition) is 2. The van der Waals surface area contributed by atoms with Crippen LogP contribution in [0.25, 0.3) is 0 Å². The topological polar surface area (TPSA) is 67.2 Å². The van der Waals surface area contributed by atoms with Gasteiger partial charge in [0.2, 0.25) is 5.91 Å². The van der Waals surface area contributed by atoms with E-state index in [2.05, 4.69) is 39.1 Å². The predicted molar refractivity (Wildman–Crippen MR) is 128 cm³/mol. The summed E-state index contributed by atoms with van der Waals surface area (Å²) in [6.07, 6.45) is 9.86. The first-order chi connectivity index (χ1) is 16.5. The third-order valence-corrected chi connectivity index (χ3v) is 8.91. The number of carbonyl (C=O) groups is 1. The third-order valence-electron chi connectivity index (χ3n) is 8.91. The number of fused-ring (bicyclic) bond motifs is 5. The van der Waals surface area contributed by atoms with E-state index in [1.165, 1.54) is 29.0 Å². The van der Waals surface area contributed by atoms with E-state index < -0.39 is 6.10 Å². The first-order valence-electron chi connectivity index (χ1n) is 12.3. The lowest BCUT2D eigenvalue weighted by Crippen LogP contribution is -2.52. The molecule has 1 aliphatic heterocycles. The van der Waals surface area contributed by atoms with E-state index in [9.17, 15) is 14.3 Å². The molecule has 3 aromatic rings. The number of aliphatic hydroxyl groups is 1. The van der Waals surface area contributed by atoms with Gasteiger partial charge in [-0.1, -0.05) is 24.3 Å². The number of nitrogens with zero attached hydrogens (tertiary/aromatic N) is 2. The van der Waals surface area contributed by atoms with Gasteiger partial charge < -0.3 is 15.0 Å². The van der Waals surface area contributed by atoms with E-state index >= 15 is 0 Å². The molecule has 3 fully saturated rings. The summed E-state index contributed by atoms with van der Waals surface area (Å²) in [5.74, 6) is -0.278. The minimum absolute atomic E-state index is 0.0335. The minimum atomic E-state index is -0.433. The number of carbonyl (C=O) groups excluding carboxylic acids is 1. The summed E-state index contributed by atoms with van der Waals surface area (Å²) in [5, 5.41) is 14.6. The van der Waals surface area contributed by atoms with E-state index in [-0.39, 0.29) is 28.6 Å². The van der Waals surface area contributed by atoms with Crippen LogP contribution in [0.15, 0.2) is 61.1 Å². The smallest absolute Gasteiger partial charge is 0.230 e. The maximum atomic E-state index is 13.2. The van der Waals surface area contributed by atoms with Crippen molar-refractivity contribution in [3.05, 3.63) is 83.7 Å². The van der Waals surface area contributed by atoms with Crippen LogP contribution in [0.3, 0.4) is 0 Å². The van der Waals surface area contributed by atoms with E-state index in [1.807, 2.05) is 12.5 Å². The second-order valence-electron chi connectivity index (χ2n) is 10.5. The summed E-state index contributed by atoms with van der Waals surface area (Å²) in [7, 11) is 0. The molecule has 176 valence electrons. The first-order valence-corrected chi connectivity index (χ1v) is 12.3. The predicted octanol–water partition coefficient (Wildman–Crippen LogP) is 5.25. The molecule has 1 amide bonds. The zero-order valence-corrected chi connectivity index (χ0v) is 19.2. The van der Waals surface area contributed by atoms with Gasteiger partial charge in [-0.15, -0.1) is 0 Å². The Balaban J connectivity index is 1.17. The molecule has 2 heterocycles. The molecule has 0 spiro atoms. The average Bonchev–Trinajstić information content (AvgIpc) is 3.35. The number of rotatable bonds is 5. The number of anilines is 1. The lowest BCUT2D eigenvalue weighted by molar-refractivity contribution is -0.142. The summed E-state index contributed by atoms with van der Waals surface area (Å²) in [5.41, 5.74) is 3.90. The van der Waals surface area contributed by atoms with Crippen LogP contribution < -0.4 is 5.32 Å². The van der Waals surface area contributed by atoms with E-state index in [0.29, 0.717) is 12.1 Å². The van der Waals surface area contributed by atoms with Gasteiger partial charge in [0.15, 0.2) is 0 Å². The van der Waals surface area contributed by atoms with Crippen molar-refractivity contribution in [2.45, 2.75) is 63.5 Å². The van der Waals surface area contributed by atoms with Crippen molar-refractivity contribution in [2.24, 2.45) is 10.8 Å². The lowest BCUT2D eigenvalue weighted by Gasteiger charge is -2.54. The van der Waals surface area contributed by atoms with Gasteiger partial charge in [-0.2, -0.15) is 0 Å². The van der Waals surface area contributed by atoms with Crippen molar-refractivity contribution in [1.82, 2.24) is 9.55 Å². The molecule has 0 saturated heterocycles. The van der Waals surface area contributed by atoms with Crippen LogP contribution in [0, 0.1) is 16.6 Å². The molecule has 7 rings (SSSR count). The number of nitrogens with one attached hydrogen (secondary N) is 1. The van der Waals surface area contributed by atoms with Gasteiger partial charge in [-0.05, 0) is 85.8 Å². The van der Waals surface area contributed by atoms with Crippen molar-refractivity contribution in [3.8, 4) is 0 Å². The van der Waals surface area contributed by atoms with Crippen LogP contribution in [-0.2, 0) is 11.2 Å². The maximum absolute atomic E-state index is 13.2. The number of aliphatic hydroxyl groups excluding tert-OH is 1. The SMILES string of the molecule is O=C(Nc1ccc(F)cc1)C12CCC(C(O)CC3c4ccccc4Cc4cncn43)(CC1)CC2. The minimum Gasteiger partial charge on any atom is -0.392 e. The normalized spacial score (nSPS) is 28.1. The Bertz CT molecular complexity index is 1190. The van der Waals surface area contributed by atoms with E-state index in [0.717, 1.165) is 44.9 Å². The van der Waals surface area contributed by atoms with Crippen molar-refractivity contribution in [2.75, 3.05) is 5.32 Å².